The number of hydrogen-bond acceptors (Lipinski definition) is 3. The maximum atomic E-state index is 10.8. The third-order valence-corrected chi connectivity index (χ3v) is 3.39. The van der Waals surface area contributed by atoms with Crippen LogP contribution in [-0.2, 0) is 0 Å². The topological polar surface area (TPSA) is 55.2 Å². The standard InChI is InChI=1S/C15H15ClN2O2/c1-10-6-7-13(16)9-15(10)17-11(2)12-4-3-5-14(8-12)18(19)20/h3-9,11,17H,1-2H3. The number of aryl methyl sites for hydroxylation is 1. The summed E-state index contributed by atoms with van der Waals surface area (Å²) in [4.78, 5) is 10.4. The molecule has 0 saturated heterocycles. The van der Waals surface area contributed by atoms with Gasteiger partial charge < -0.3 is 5.32 Å². The first-order chi connectivity index (χ1) is 9.47. The fraction of sp³-hybridized carbons (Fsp3) is 0.200. The highest BCUT2D eigenvalue weighted by molar-refractivity contribution is 6.30. The van der Waals surface area contributed by atoms with Crippen LogP contribution in [0, 0.1) is 17.0 Å². The molecule has 2 rings (SSSR count). The van der Waals surface area contributed by atoms with E-state index in [0.29, 0.717) is 5.02 Å². The van der Waals surface area contributed by atoms with Gasteiger partial charge in [-0.25, -0.2) is 0 Å². The van der Waals surface area contributed by atoms with Gasteiger partial charge in [0.05, 0.1) is 4.92 Å². The number of benzene rings is 2. The fourth-order valence-corrected chi connectivity index (χ4v) is 2.15. The number of rotatable bonds is 4. The molecule has 0 heterocycles. The molecule has 2 aromatic carbocycles. The lowest BCUT2D eigenvalue weighted by molar-refractivity contribution is -0.384. The fourth-order valence-electron chi connectivity index (χ4n) is 1.97. The minimum Gasteiger partial charge on any atom is -0.378 e. The monoisotopic (exact) mass is 290 g/mol. The highest BCUT2D eigenvalue weighted by atomic mass is 35.5. The summed E-state index contributed by atoms with van der Waals surface area (Å²) < 4.78 is 0. The SMILES string of the molecule is Cc1ccc(Cl)cc1NC(C)c1cccc([N+](=O)[O-])c1. The van der Waals surface area contributed by atoms with Crippen molar-refractivity contribution < 1.29 is 4.92 Å². The van der Waals surface area contributed by atoms with Crippen molar-refractivity contribution in [2.75, 3.05) is 5.32 Å². The Hall–Kier alpha value is -2.07. The van der Waals surface area contributed by atoms with Gasteiger partial charge in [0.1, 0.15) is 0 Å². The average molecular weight is 291 g/mol. The quantitative estimate of drug-likeness (QED) is 0.654. The predicted octanol–water partition coefficient (Wildman–Crippen LogP) is 4.73. The summed E-state index contributed by atoms with van der Waals surface area (Å²) in [6, 6.07) is 12.2. The Balaban J connectivity index is 2.23. The van der Waals surface area contributed by atoms with Crippen LogP contribution >= 0.6 is 11.6 Å². The number of nitrogens with zero attached hydrogens (tertiary/aromatic N) is 1. The molecule has 20 heavy (non-hydrogen) atoms. The Morgan fingerprint density at radius 1 is 1.25 bits per heavy atom. The van der Waals surface area contributed by atoms with Crippen LogP contribution in [0.25, 0.3) is 0 Å². The molecule has 0 spiro atoms. The molecule has 1 N–H and O–H groups in total. The smallest absolute Gasteiger partial charge is 0.269 e. The summed E-state index contributed by atoms with van der Waals surface area (Å²) in [5.74, 6) is 0. The molecule has 0 aliphatic heterocycles. The van der Waals surface area contributed by atoms with Crippen molar-refractivity contribution in [3.05, 3.63) is 68.7 Å². The molecule has 2 aromatic rings. The average Bonchev–Trinajstić information content (AvgIpc) is 2.43. The van der Waals surface area contributed by atoms with Gasteiger partial charge in [0.2, 0.25) is 0 Å². The Kier molecular flexibility index (Phi) is 4.25. The lowest BCUT2D eigenvalue weighted by Crippen LogP contribution is -2.08. The summed E-state index contributed by atoms with van der Waals surface area (Å²) in [5.41, 5.74) is 2.96. The van der Waals surface area contributed by atoms with E-state index in [9.17, 15) is 10.1 Å². The van der Waals surface area contributed by atoms with Crippen LogP contribution in [0.4, 0.5) is 11.4 Å². The Morgan fingerprint density at radius 2 is 2.00 bits per heavy atom. The van der Waals surface area contributed by atoms with Crippen LogP contribution in [0.3, 0.4) is 0 Å². The van der Waals surface area contributed by atoms with Crippen molar-refractivity contribution in [3.8, 4) is 0 Å². The normalized spacial score (nSPS) is 11.9. The second-order valence-corrected chi connectivity index (χ2v) is 5.11. The lowest BCUT2D eigenvalue weighted by Gasteiger charge is -2.17. The van der Waals surface area contributed by atoms with E-state index in [0.717, 1.165) is 16.8 Å². The second kappa shape index (κ2) is 5.92. The van der Waals surface area contributed by atoms with Gasteiger partial charge in [-0.05, 0) is 37.1 Å². The molecule has 0 aliphatic rings. The number of nitro benzene ring substituents is 1. The van der Waals surface area contributed by atoms with Crippen LogP contribution in [0.15, 0.2) is 42.5 Å². The number of non-ortho nitro benzene ring substituents is 1. The summed E-state index contributed by atoms with van der Waals surface area (Å²) in [6.45, 7) is 3.94. The third kappa shape index (κ3) is 3.27. The molecule has 4 nitrogen and oxygen atoms in total. The Morgan fingerprint density at radius 3 is 2.70 bits per heavy atom. The van der Waals surface area contributed by atoms with Gasteiger partial charge in [-0.15, -0.1) is 0 Å². The van der Waals surface area contributed by atoms with Gasteiger partial charge in [-0.3, -0.25) is 10.1 Å². The highest BCUT2D eigenvalue weighted by Gasteiger charge is 2.11. The molecule has 0 aromatic heterocycles. The molecule has 5 heteroatoms. The van der Waals surface area contributed by atoms with E-state index in [1.54, 1.807) is 12.1 Å². The summed E-state index contributed by atoms with van der Waals surface area (Å²) in [7, 11) is 0. The molecule has 0 saturated carbocycles. The van der Waals surface area contributed by atoms with Gasteiger partial charge >= 0.3 is 0 Å². The van der Waals surface area contributed by atoms with Crippen LogP contribution < -0.4 is 5.32 Å². The van der Waals surface area contributed by atoms with Crippen LogP contribution in [0.5, 0.6) is 0 Å². The second-order valence-electron chi connectivity index (χ2n) is 4.68. The van der Waals surface area contributed by atoms with E-state index in [4.69, 9.17) is 11.6 Å². The van der Waals surface area contributed by atoms with Crippen molar-refractivity contribution in [1.29, 1.82) is 0 Å². The molecule has 0 aliphatic carbocycles. The first kappa shape index (κ1) is 14.3. The first-order valence-corrected chi connectivity index (χ1v) is 6.62. The van der Waals surface area contributed by atoms with Gasteiger partial charge in [0.15, 0.2) is 0 Å². The van der Waals surface area contributed by atoms with E-state index in [1.165, 1.54) is 6.07 Å². The summed E-state index contributed by atoms with van der Waals surface area (Å²) in [6.07, 6.45) is 0. The minimum absolute atomic E-state index is 0.0490. The van der Waals surface area contributed by atoms with E-state index in [-0.39, 0.29) is 16.7 Å². The van der Waals surface area contributed by atoms with Crippen LogP contribution in [0.1, 0.15) is 24.1 Å². The van der Waals surface area contributed by atoms with Gasteiger partial charge in [0.25, 0.3) is 5.69 Å². The van der Waals surface area contributed by atoms with Crippen molar-refractivity contribution in [2.45, 2.75) is 19.9 Å². The van der Waals surface area contributed by atoms with Gasteiger partial charge in [-0.2, -0.15) is 0 Å². The molecule has 0 amide bonds. The third-order valence-electron chi connectivity index (χ3n) is 3.15. The number of nitro groups is 1. The summed E-state index contributed by atoms with van der Waals surface area (Å²) in [5, 5.41) is 14.8. The van der Waals surface area contributed by atoms with Crippen molar-refractivity contribution in [3.63, 3.8) is 0 Å². The predicted molar refractivity (Wildman–Crippen MR) is 81.3 cm³/mol. The van der Waals surface area contributed by atoms with E-state index in [1.807, 2.05) is 38.1 Å². The van der Waals surface area contributed by atoms with Gasteiger partial charge in [-0.1, -0.05) is 29.8 Å². The largest absolute Gasteiger partial charge is 0.378 e. The number of halogens is 1. The zero-order valence-electron chi connectivity index (χ0n) is 11.3. The van der Waals surface area contributed by atoms with E-state index >= 15 is 0 Å². The van der Waals surface area contributed by atoms with Crippen LogP contribution in [0.2, 0.25) is 5.02 Å². The molecule has 0 bridgehead atoms. The zero-order chi connectivity index (χ0) is 14.7. The number of anilines is 1. The van der Waals surface area contributed by atoms with Crippen LogP contribution in [-0.4, -0.2) is 4.92 Å². The van der Waals surface area contributed by atoms with Crippen molar-refractivity contribution in [1.82, 2.24) is 0 Å². The Labute approximate surface area is 122 Å². The van der Waals surface area contributed by atoms with Gasteiger partial charge in [0, 0.05) is 28.9 Å². The maximum Gasteiger partial charge on any atom is 0.269 e. The number of nitrogens with one attached hydrogen (secondary N) is 1. The minimum atomic E-state index is -0.388. The molecular formula is C15H15ClN2O2. The molecular weight excluding hydrogens is 276 g/mol. The Bertz CT molecular complexity index is 644. The molecule has 0 radical (unpaired) electrons. The summed E-state index contributed by atoms with van der Waals surface area (Å²) >= 11 is 5.98. The first-order valence-electron chi connectivity index (χ1n) is 6.24. The van der Waals surface area contributed by atoms with E-state index in [2.05, 4.69) is 5.32 Å². The number of hydrogen-bond donors (Lipinski definition) is 1. The molecule has 1 unspecified atom stereocenters. The lowest BCUT2D eigenvalue weighted by atomic mass is 10.1. The van der Waals surface area contributed by atoms with Crippen molar-refractivity contribution in [2.24, 2.45) is 0 Å². The highest BCUT2D eigenvalue weighted by Crippen LogP contribution is 2.26. The molecule has 104 valence electrons. The van der Waals surface area contributed by atoms with Crippen molar-refractivity contribution >= 4 is 23.0 Å². The maximum absolute atomic E-state index is 10.8. The molecule has 0 fully saturated rings. The van der Waals surface area contributed by atoms with E-state index < -0.39 is 0 Å². The molecule has 1 atom stereocenters. The zero-order valence-corrected chi connectivity index (χ0v) is 12.0.